The summed E-state index contributed by atoms with van der Waals surface area (Å²) in [6.45, 7) is 1.80. The molecule has 2 fully saturated rings. The predicted molar refractivity (Wildman–Crippen MR) is 111 cm³/mol. The maximum atomic E-state index is 12.7. The van der Waals surface area contributed by atoms with Crippen LogP contribution in [-0.2, 0) is 19.1 Å². The second-order valence-corrected chi connectivity index (χ2v) is 8.85. The second kappa shape index (κ2) is 8.02. The van der Waals surface area contributed by atoms with Gasteiger partial charge in [0.25, 0.3) is 11.8 Å². The van der Waals surface area contributed by atoms with E-state index < -0.39 is 5.97 Å². The highest BCUT2D eigenvalue weighted by atomic mass is 79.9. The van der Waals surface area contributed by atoms with Crippen molar-refractivity contribution in [3.63, 3.8) is 0 Å². The molecule has 0 N–H and O–H groups in total. The lowest BCUT2D eigenvalue weighted by Crippen LogP contribution is -2.28. The Morgan fingerprint density at radius 3 is 2.31 bits per heavy atom. The molecule has 2 amide bonds. The van der Waals surface area contributed by atoms with Crippen LogP contribution in [0.15, 0.2) is 38.3 Å². The van der Waals surface area contributed by atoms with Gasteiger partial charge in [0.1, 0.15) is 5.75 Å². The third-order valence-corrected chi connectivity index (χ3v) is 6.61. The number of allylic oxidation sites excluding steroid dienone is 2. The number of hydrazone groups is 1. The Kier molecular flexibility index (Phi) is 5.61. The van der Waals surface area contributed by atoms with Crippen molar-refractivity contribution in [3.8, 4) is 5.75 Å². The molecule has 1 aromatic carbocycles. The van der Waals surface area contributed by atoms with Gasteiger partial charge in [-0.3, -0.25) is 9.59 Å². The van der Waals surface area contributed by atoms with Gasteiger partial charge in [0, 0.05) is 0 Å². The zero-order valence-corrected chi connectivity index (χ0v) is 18.7. The van der Waals surface area contributed by atoms with Crippen LogP contribution in [0.4, 0.5) is 0 Å². The monoisotopic (exact) mass is 524 g/mol. The summed E-state index contributed by atoms with van der Waals surface area (Å²) in [5.41, 5.74) is 0.658. The molecule has 2 aliphatic carbocycles. The Morgan fingerprint density at radius 1 is 1.17 bits per heavy atom. The van der Waals surface area contributed by atoms with Gasteiger partial charge >= 0.3 is 5.97 Å². The number of amides is 2. The molecule has 3 aliphatic rings. The van der Waals surface area contributed by atoms with E-state index in [-0.39, 0.29) is 48.7 Å². The van der Waals surface area contributed by atoms with Gasteiger partial charge in [-0.25, -0.2) is 4.79 Å². The molecule has 152 valence electrons. The first-order valence-electron chi connectivity index (χ1n) is 9.28. The van der Waals surface area contributed by atoms with Gasteiger partial charge in [0.15, 0.2) is 6.61 Å². The number of carbonyl (C=O) groups excluding carboxylic acids is 3. The summed E-state index contributed by atoms with van der Waals surface area (Å²) in [5.74, 6) is -0.695. The molecule has 1 heterocycles. The van der Waals surface area contributed by atoms with E-state index >= 15 is 0 Å². The van der Waals surface area contributed by atoms with Crippen LogP contribution < -0.4 is 4.74 Å². The Bertz CT molecular complexity index is 892. The average molecular weight is 526 g/mol. The molecule has 1 saturated carbocycles. The fourth-order valence-corrected chi connectivity index (χ4v) is 5.70. The number of nitrogens with zero attached hydrogens (tertiary/aromatic N) is 2. The number of carbonyl (C=O) groups is 3. The minimum absolute atomic E-state index is 0.153. The quantitative estimate of drug-likeness (QED) is 0.246. The van der Waals surface area contributed by atoms with Gasteiger partial charge in [-0.15, -0.1) is 0 Å². The minimum Gasteiger partial charge on any atom is -0.480 e. The molecular formula is C20H18Br2N2O5. The zero-order chi connectivity index (χ0) is 20.7. The fraction of sp³-hybridized carbons (Fsp3) is 0.400. The normalized spacial score (nSPS) is 27.2. The van der Waals surface area contributed by atoms with Crippen LogP contribution in [-0.4, -0.2) is 42.2 Å². The van der Waals surface area contributed by atoms with E-state index in [9.17, 15) is 14.4 Å². The third kappa shape index (κ3) is 3.66. The van der Waals surface area contributed by atoms with E-state index in [4.69, 9.17) is 9.47 Å². The topological polar surface area (TPSA) is 85.3 Å². The van der Waals surface area contributed by atoms with E-state index in [1.54, 1.807) is 19.1 Å². The lowest BCUT2D eigenvalue weighted by molar-refractivity contribution is -0.145. The highest BCUT2D eigenvalue weighted by molar-refractivity contribution is 9.11. The van der Waals surface area contributed by atoms with Crippen LogP contribution in [0.1, 0.15) is 18.9 Å². The van der Waals surface area contributed by atoms with Crippen molar-refractivity contribution < 1.29 is 23.9 Å². The van der Waals surface area contributed by atoms with Crippen LogP contribution in [0, 0.1) is 23.7 Å². The van der Waals surface area contributed by atoms with E-state index in [1.165, 1.54) is 6.21 Å². The second-order valence-electron chi connectivity index (χ2n) is 7.14. The number of hydrogen-bond acceptors (Lipinski definition) is 6. The van der Waals surface area contributed by atoms with Crippen molar-refractivity contribution in [2.45, 2.75) is 13.3 Å². The molecule has 0 unspecified atom stereocenters. The molecule has 29 heavy (non-hydrogen) atoms. The summed E-state index contributed by atoms with van der Waals surface area (Å²) in [4.78, 5) is 36.8. The zero-order valence-electron chi connectivity index (χ0n) is 15.5. The summed E-state index contributed by atoms with van der Waals surface area (Å²) in [6, 6.07) is 3.46. The first kappa shape index (κ1) is 20.3. The maximum absolute atomic E-state index is 12.7. The summed E-state index contributed by atoms with van der Waals surface area (Å²) in [7, 11) is 0. The summed E-state index contributed by atoms with van der Waals surface area (Å²) >= 11 is 6.81. The van der Waals surface area contributed by atoms with Gasteiger partial charge in [-0.1, -0.05) is 12.2 Å². The van der Waals surface area contributed by atoms with Crippen molar-refractivity contribution in [1.29, 1.82) is 0 Å². The minimum atomic E-state index is -0.461. The van der Waals surface area contributed by atoms with Crippen molar-refractivity contribution in [2.24, 2.45) is 28.8 Å². The molecule has 7 nitrogen and oxygen atoms in total. The van der Waals surface area contributed by atoms with Crippen LogP contribution >= 0.6 is 31.9 Å². The number of ether oxygens (including phenoxy) is 2. The molecule has 0 aromatic heterocycles. The van der Waals surface area contributed by atoms with Crippen molar-refractivity contribution >= 4 is 55.9 Å². The van der Waals surface area contributed by atoms with Crippen LogP contribution in [0.3, 0.4) is 0 Å². The van der Waals surface area contributed by atoms with Crippen LogP contribution in [0.2, 0.25) is 0 Å². The SMILES string of the molecule is CCOC(=O)COc1c(Br)cc(C=NN2C(=O)[C@@H]3[C@H](C2=O)[C@H]2C=C[C@H]3C2)cc1Br. The van der Waals surface area contributed by atoms with E-state index in [1.807, 2.05) is 12.2 Å². The molecular weight excluding hydrogens is 508 g/mol. The summed E-state index contributed by atoms with van der Waals surface area (Å²) in [5, 5.41) is 5.18. The number of imide groups is 1. The summed E-state index contributed by atoms with van der Waals surface area (Å²) in [6.07, 6.45) is 6.45. The maximum Gasteiger partial charge on any atom is 0.344 e. The molecule has 2 bridgehead atoms. The predicted octanol–water partition coefficient (Wildman–Crippen LogP) is 3.29. The van der Waals surface area contributed by atoms with Gasteiger partial charge in [-0.05, 0) is 74.7 Å². The molecule has 1 aliphatic heterocycles. The average Bonchev–Trinajstić information content (AvgIpc) is 3.34. The number of hydrogen-bond donors (Lipinski definition) is 0. The molecule has 4 rings (SSSR count). The van der Waals surface area contributed by atoms with Gasteiger partial charge in [0.2, 0.25) is 0 Å². The van der Waals surface area contributed by atoms with Crippen LogP contribution in [0.5, 0.6) is 5.75 Å². The van der Waals surface area contributed by atoms with Crippen LogP contribution in [0.25, 0.3) is 0 Å². The smallest absolute Gasteiger partial charge is 0.344 e. The Morgan fingerprint density at radius 2 is 1.76 bits per heavy atom. The lowest BCUT2D eigenvalue weighted by Gasteiger charge is -2.13. The Labute approximate surface area is 184 Å². The number of benzene rings is 1. The molecule has 0 radical (unpaired) electrons. The lowest BCUT2D eigenvalue weighted by atomic mass is 9.85. The van der Waals surface area contributed by atoms with E-state index in [0.717, 1.165) is 11.4 Å². The Hall–Kier alpha value is -2.00. The van der Waals surface area contributed by atoms with Gasteiger partial charge in [-0.2, -0.15) is 10.1 Å². The number of rotatable bonds is 6. The van der Waals surface area contributed by atoms with Gasteiger partial charge in [0.05, 0.1) is 33.6 Å². The highest BCUT2D eigenvalue weighted by Crippen LogP contribution is 2.52. The number of esters is 1. The summed E-state index contributed by atoms with van der Waals surface area (Å²) < 4.78 is 11.5. The van der Waals surface area contributed by atoms with E-state index in [0.29, 0.717) is 20.3 Å². The van der Waals surface area contributed by atoms with Crippen molar-refractivity contribution in [2.75, 3.05) is 13.2 Å². The standard InChI is InChI=1S/C20H18Br2N2O5/c1-2-28-15(25)9-29-18-13(21)5-10(6-14(18)22)8-23-24-19(26)16-11-3-4-12(7-11)17(16)20(24)27/h3-6,8,11-12,16-17H,2,7,9H2,1H3/t11-,12-,16-,17+/m0/s1. The first-order chi connectivity index (χ1) is 13.9. The molecule has 1 saturated heterocycles. The molecule has 9 heteroatoms. The number of fused-ring (bicyclic) bond motifs is 5. The molecule has 0 spiro atoms. The van der Waals surface area contributed by atoms with E-state index in [2.05, 4.69) is 37.0 Å². The van der Waals surface area contributed by atoms with Gasteiger partial charge < -0.3 is 9.47 Å². The largest absolute Gasteiger partial charge is 0.480 e. The first-order valence-corrected chi connectivity index (χ1v) is 10.9. The van der Waals surface area contributed by atoms with Crippen molar-refractivity contribution in [3.05, 3.63) is 38.8 Å². The third-order valence-electron chi connectivity index (χ3n) is 5.43. The van der Waals surface area contributed by atoms with Crippen molar-refractivity contribution in [1.82, 2.24) is 5.01 Å². The highest BCUT2D eigenvalue weighted by Gasteiger charge is 2.59. The molecule has 4 atom stereocenters. The number of halogens is 2. The molecule has 1 aromatic rings. The fourth-order valence-electron chi connectivity index (χ4n) is 4.25. The Balaban J connectivity index is 1.47.